The van der Waals surface area contributed by atoms with Crippen molar-refractivity contribution in [2.45, 2.75) is 38.4 Å². The first-order valence-corrected chi connectivity index (χ1v) is 8.71. The van der Waals surface area contributed by atoms with E-state index in [4.69, 9.17) is 5.73 Å². The lowest BCUT2D eigenvalue weighted by atomic mass is 10.1. The summed E-state index contributed by atoms with van der Waals surface area (Å²) >= 11 is 5.42. The van der Waals surface area contributed by atoms with Crippen LogP contribution in [-0.4, -0.2) is 6.04 Å². The van der Waals surface area contributed by atoms with Gasteiger partial charge in [0, 0.05) is 28.8 Å². The Labute approximate surface area is 132 Å². The van der Waals surface area contributed by atoms with Gasteiger partial charge in [0.1, 0.15) is 0 Å². The SMILES string of the molecule is C[C@H](N)c1ccc(N(Cc2ccsc2)C2CC2)cc1Br. The molecule has 0 radical (unpaired) electrons. The molecular formula is C16H19BrN2S. The molecule has 0 spiro atoms. The van der Waals surface area contributed by atoms with Gasteiger partial charge >= 0.3 is 0 Å². The third kappa shape index (κ3) is 3.08. The average molecular weight is 351 g/mol. The van der Waals surface area contributed by atoms with Gasteiger partial charge in [0.2, 0.25) is 0 Å². The highest BCUT2D eigenvalue weighted by atomic mass is 79.9. The fraction of sp³-hybridized carbons (Fsp3) is 0.375. The number of benzene rings is 1. The Hall–Kier alpha value is -0.840. The quantitative estimate of drug-likeness (QED) is 0.846. The lowest BCUT2D eigenvalue weighted by Gasteiger charge is -2.25. The zero-order chi connectivity index (χ0) is 14.1. The van der Waals surface area contributed by atoms with Crippen LogP contribution in [0.25, 0.3) is 0 Å². The Morgan fingerprint density at radius 3 is 2.75 bits per heavy atom. The van der Waals surface area contributed by atoms with Crippen LogP contribution in [0.4, 0.5) is 5.69 Å². The number of hydrogen-bond donors (Lipinski definition) is 1. The van der Waals surface area contributed by atoms with Crippen LogP contribution >= 0.6 is 27.3 Å². The minimum absolute atomic E-state index is 0.0599. The molecule has 1 atom stereocenters. The van der Waals surface area contributed by atoms with Crippen molar-refractivity contribution in [2.75, 3.05) is 4.90 Å². The van der Waals surface area contributed by atoms with Gasteiger partial charge < -0.3 is 10.6 Å². The topological polar surface area (TPSA) is 29.3 Å². The molecule has 3 rings (SSSR count). The lowest BCUT2D eigenvalue weighted by molar-refractivity contribution is 0.788. The van der Waals surface area contributed by atoms with Crippen LogP contribution in [0.5, 0.6) is 0 Å². The van der Waals surface area contributed by atoms with Gasteiger partial charge in [-0.3, -0.25) is 0 Å². The molecule has 1 aliphatic carbocycles. The molecule has 0 amide bonds. The largest absolute Gasteiger partial charge is 0.364 e. The second-order valence-corrected chi connectivity index (χ2v) is 7.12. The second kappa shape index (κ2) is 5.88. The summed E-state index contributed by atoms with van der Waals surface area (Å²) in [5, 5.41) is 4.39. The zero-order valence-corrected chi connectivity index (χ0v) is 14.0. The molecule has 4 heteroatoms. The van der Waals surface area contributed by atoms with E-state index in [-0.39, 0.29) is 6.04 Å². The van der Waals surface area contributed by atoms with Gasteiger partial charge in [-0.05, 0) is 59.9 Å². The number of nitrogens with zero attached hydrogens (tertiary/aromatic N) is 1. The highest BCUT2D eigenvalue weighted by molar-refractivity contribution is 9.10. The maximum Gasteiger partial charge on any atom is 0.0440 e. The normalized spacial score (nSPS) is 16.1. The summed E-state index contributed by atoms with van der Waals surface area (Å²) < 4.78 is 1.11. The van der Waals surface area contributed by atoms with Crippen LogP contribution in [-0.2, 0) is 6.54 Å². The summed E-state index contributed by atoms with van der Waals surface area (Å²) in [4.78, 5) is 2.51. The highest BCUT2D eigenvalue weighted by Gasteiger charge is 2.29. The second-order valence-electron chi connectivity index (χ2n) is 5.49. The Bertz CT molecular complexity index is 576. The molecule has 106 valence electrons. The Morgan fingerprint density at radius 1 is 1.40 bits per heavy atom. The van der Waals surface area contributed by atoms with E-state index in [1.54, 1.807) is 11.3 Å². The molecule has 0 aliphatic heterocycles. The summed E-state index contributed by atoms with van der Waals surface area (Å²) in [7, 11) is 0. The Morgan fingerprint density at radius 2 is 2.20 bits per heavy atom. The van der Waals surface area contributed by atoms with Crippen LogP contribution < -0.4 is 10.6 Å². The molecule has 1 fully saturated rings. The molecule has 1 aromatic carbocycles. The van der Waals surface area contributed by atoms with Crippen molar-refractivity contribution in [3.63, 3.8) is 0 Å². The summed E-state index contributed by atoms with van der Waals surface area (Å²) in [6.07, 6.45) is 2.60. The van der Waals surface area contributed by atoms with E-state index in [1.807, 2.05) is 6.92 Å². The van der Waals surface area contributed by atoms with E-state index < -0.39 is 0 Å². The Balaban J connectivity index is 1.86. The molecule has 1 heterocycles. The van der Waals surface area contributed by atoms with Crippen LogP contribution in [0.15, 0.2) is 39.5 Å². The maximum atomic E-state index is 5.98. The van der Waals surface area contributed by atoms with Crippen LogP contribution in [0.3, 0.4) is 0 Å². The van der Waals surface area contributed by atoms with Crippen molar-refractivity contribution in [1.29, 1.82) is 0 Å². The minimum Gasteiger partial charge on any atom is -0.364 e. The highest BCUT2D eigenvalue weighted by Crippen LogP contribution is 2.36. The number of rotatable bonds is 5. The molecule has 20 heavy (non-hydrogen) atoms. The van der Waals surface area contributed by atoms with E-state index in [9.17, 15) is 0 Å². The number of anilines is 1. The van der Waals surface area contributed by atoms with Gasteiger partial charge in [0.25, 0.3) is 0 Å². The summed E-state index contributed by atoms with van der Waals surface area (Å²) in [6.45, 7) is 3.02. The molecular weight excluding hydrogens is 332 g/mol. The third-order valence-electron chi connectivity index (χ3n) is 3.73. The predicted octanol–water partition coefficient (Wildman–Crippen LogP) is 4.70. The van der Waals surface area contributed by atoms with Gasteiger partial charge in [-0.1, -0.05) is 22.0 Å². The monoisotopic (exact) mass is 350 g/mol. The van der Waals surface area contributed by atoms with Crippen molar-refractivity contribution in [3.8, 4) is 0 Å². The van der Waals surface area contributed by atoms with E-state index in [0.717, 1.165) is 11.0 Å². The molecule has 0 saturated heterocycles. The molecule has 2 N–H and O–H groups in total. The van der Waals surface area contributed by atoms with E-state index >= 15 is 0 Å². The van der Waals surface area contributed by atoms with Crippen molar-refractivity contribution in [1.82, 2.24) is 0 Å². The van der Waals surface area contributed by atoms with Gasteiger partial charge in [-0.2, -0.15) is 11.3 Å². The number of nitrogens with two attached hydrogens (primary N) is 1. The van der Waals surface area contributed by atoms with Gasteiger partial charge in [0.15, 0.2) is 0 Å². The smallest absolute Gasteiger partial charge is 0.0440 e. The molecule has 0 bridgehead atoms. The van der Waals surface area contributed by atoms with Crippen LogP contribution in [0.2, 0.25) is 0 Å². The van der Waals surface area contributed by atoms with Crippen LogP contribution in [0.1, 0.15) is 36.9 Å². The molecule has 0 unspecified atom stereocenters. The molecule has 1 aromatic heterocycles. The predicted molar refractivity (Wildman–Crippen MR) is 90.3 cm³/mol. The first kappa shape index (κ1) is 14.1. The zero-order valence-electron chi connectivity index (χ0n) is 11.6. The van der Waals surface area contributed by atoms with E-state index in [0.29, 0.717) is 6.04 Å². The van der Waals surface area contributed by atoms with Crippen molar-refractivity contribution < 1.29 is 0 Å². The number of halogens is 1. The van der Waals surface area contributed by atoms with E-state index in [2.05, 4.69) is 55.9 Å². The molecule has 1 saturated carbocycles. The third-order valence-corrected chi connectivity index (χ3v) is 5.15. The fourth-order valence-corrected chi connectivity index (χ4v) is 3.85. The van der Waals surface area contributed by atoms with Crippen molar-refractivity contribution in [2.24, 2.45) is 5.73 Å². The van der Waals surface area contributed by atoms with Gasteiger partial charge in [0.05, 0.1) is 0 Å². The number of hydrogen-bond acceptors (Lipinski definition) is 3. The van der Waals surface area contributed by atoms with Gasteiger partial charge in [-0.25, -0.2) is 0 Å². The molecule has 2 nitrogen and oxygen atoms in total. The van der Waals surface area contributed by atoms with Crippen molar-refractivity contribution >= 4 is 33.0 Å². The van der Waals surface area contributed by atoms with Crippen molar-refractivity contribution in [3.05, 3.63) is 50.6 Å². The van der Waals surface area contributed by atoms with Crippen LogP contribution in [0, 0.1) is 0 Å². The standard InChI is InChI=1S/C16H19BrN2S/c1-11(18)15-5-4-14(8-16(15)17)19(13-2-3-13)9-12-6-7-20-10-12/h4-8,10-11,13H,2-3,9,18H2,1H3/t11-/m0/s1. The minimum atomic E-state index is 0.0599. The van der Waals surface area contributed by atoms with E-state index in [1.165, 1.54) is 29.7 Å². The number of thiophene rings is 1. The average Bonchev–Trinajstić information content (AvgIpc) is 3.12. The lowest BCUT2D eigenvalue weighted by Crippen LogP contribution is -2.24. The molecule has 2 aromatic rings. The summed E-state index contributed by atoms with van der Waals surface area (Å²) in [5.74, 6) is 0. The first-order chi connectivity index (χ1) is 9.65. The fourth-order valence-electron chi connectivity index (χ4n) is 2.46. The summed E-state index contributed by atoms with van der Waals surface area (Å²) in [5.41, 5.74) is 9.83. The first-order valence-electron chi connectivity index (χ1n) is 6.98. The summed E-state index contributed by atoms with van der Waals surface area (Å²) in [6, 6.07) is 9.53. The van der Waals surface area contributed by atoms with Gasteiger partial charge in [-0.15, -0.1) is 0 Å². The maximum absolute atomic E-state index is 5.98. The molecule has 1 aliphatic rings. The Kier molecular flexibility index (Phi) is 4.15.